The molecule has 0 aliphatic carbocycles. The number of benzene rings is 8. The highest BCUT2D eigenvalue weighted by Crippen LogP contribution is 2.38. The molecule has 6 heteroatoms. The summed E-state index contributed by atoms with van der Waals surface area (Å²) in [6.07, 6.45) is 0. The van der Waals surface area contributed by atoms with E-state index in [2.05, 4.69) is 185 Å². The molecule has 0 bridgehead atoms. The van der Waals surface area contributed by atoms with Crippen LogP contribution in [-0.2, 0) is 0 Å². The van der Waals surface area contributed by atoms with E-state index in [0.29, 0.717) is 5.82 Å². The van der Waals surface area contributed by atoms with E-state index in [1.54, 1.807) is 0 Å². The monoisotopic (exact) mass is 771 g/mol. The molecule has 0 atom stereocenters. The molecule has 0 aliphatic rings. The number of hydrogen-bond donors (Lipinski definition) is 0. The number of pyridine rings is 1. The number of aromatic nitrogens is 5. The highest BCUT2D eigenvalue weighted by atomic mass is 32.1. The minimum atomic E-state index is 0.682. The minimum Gasteiger partial charge on any atom is -0.247 e. The van der Waals surface area contributed by atoms with Crippen molar-refractivity contribution in [3.63, 3.8) is 0 Å². The van der Waals surface area contributed by atoms with Crippen LogP contribution in [0, 0.1) is 0 Å². The maximum Gasteiger partial charge on any atom is 0.160 e. The summed E-state index contributed by atoms with van der Waals surface area (Å²) in [5.41, 5.74) is 16.3. The third kappa shape index (κ3) is 6.52. The first-order chi connectivity index (χ1) is 29.2. The lowest BCUT2D eigenvalue weighted by Gasteiger charge is -2.12. The van der Waals surface area contributed by atoms with E-state index < -0.39 is 0 Å². The van der Waals surface area contributed by atoms with Gasteiger partial charge in [0.2, 0.25) is 0 Å². The van der Waals surface area contributed by atoms with Crippen LogP contribution in [0.1, 0.15) is 0 Å². The van der Waals surface area contributed by atoms with Crippen molar-refractivity contribution in [3.05, 3.63) is 200 Å². The van der Waals surface area contributed by atoms with Crippen LogP contribution in [-0.4, -0.2) is 23.7 Å². The van der Waals surface area contributed by atoms with Crippen LogP contribution in [0.2, 0.25) is 0 Å². The summed E-state index contributed by atoms with van der Waals surface area (Å²) < 4.78 is 9.19. The van der Waals surface area contributed by atoms with Gasteiger partial charge in [-0.1, -0.05) is 164 Å². The second kappa shape index (κ2) is 14.7. The predicted octanol–water partition coefficient (Wildman–Crippen LogP) is 13.9. The Morgan fingerprint density at radius 3 is 1.53 bits per heavy atom. The second-order valence-corrected chi connectivity index (χ2v) is 15.1. The van der Waals surface area contributed by atoms with E-state index in [0.717, 1.165) is 99.9 Å². The summed E-state index contributed by atoms with van der Waals surface area (Å²) in [4.78, 5) is 15.5. The van der Waals surface area contributed by atoms with Crippen molar-refractivity contribution < 1.29 is 0 Å². The molecule has 11 rings (SSSR count). The SMILES string of the molecule is c1ccc(-c2cccc(-c3cc(-c4ccc(-c5ccc(-c6nc7ccccc7c7c6ccc6nsnc67)cc5)cc4)nc(-c4cccc(-c5ccccc5)c4)n3)c2)cc1. The van der Waals surface area contributed by atoms with Crippen molar-refractivity contribution in [1.29, 1.82) is 0 Å². The van der Waals surface area contributed by atoms with Crippen molar-refractivity contribution >= 4 is 44.4 Å². The molecule has 0 saturated carbocycles. The van der Waals surface area contributed by atoms with Gasteiger partial charge in [0.25, 0.3) is 0 Å². The van der Waals surface area contributed by atoms with Crippen LogP contribution >= 0.6 is 11.7 Å². The van der Waals surface area contributed by atoms with Crippen molar-refractivity contribution in [2.75, 3.05) is 0 Å². The molecule has 5 nitrogen and oxygen atoms in total. The first kappa shape index (κ1) is 34.6. The van der Waals surface area contributed by atoms with Crippen molar-refractivity contribution in [3.8, 4) is 78.5 Å². The summed E-state index contributed by atoms with van der Waals surface area (Å²) in [6, 6.07) is 69.9. The lowest BCUT2D eigenvalue weighted by atomic mass is 9.96. The maximum absolute atomic E-state index is 5.20. The van der Waals surface area contributed by atoms with Gasteiger partial charge >= 0.3 is 0 Å². The van der Waals surface area contributed by atoms with E-state index in [4.69, 9.17) is 15.0 Å². The molecular formula is C53H33N5S. The minimum absolute atomic E-state index is 0.682. The molecule has 0 amide bonds. The highest BCUT2D eigenvalue weighted by Gasteiger charge is 2.16. The summed E-state index contributed by atoms with van der Waals surface area (Å²) in [7, 11) is 0. The van der Waals surface area contributed by atoms with Crippen LogP contribution < -0.4 is 0 Å². The molecule has 11 aromatic rings. The Balaban J connectivity index is 0.962. The molecule has 0 saturated heterocycles. The average molecular weight is 772 g/mol. The molecule has 0 spiro atoms. The summed E-state index contributed by atoms with van der Waals surface area (Å²) in [6.45, 7) is 0. The van der Waals surface area contributed by atoms with Gasteiger partial charge in [-0.3, -0.25) is 0 Å². The van der Waals surface area contributed by atoms with E-state index in [1.165, 1.54) is 17.3 Å². The fourth-order valence-electron chi connectivity index (χ4n) is 7.99. The molecular weight excluding hydrogens is 739 g/mol. The smallest absolute Gasteiger partial charge is 0.160 e. The molecule has 0 unspecified atom stereocenters. The molecule has 276 valence electrons. The Kier molecular flexibility index (Phi) is 8.60. The molecule has 3 aromatic heterocycles. The number of hydrogen-bond acceptors (Lipinski definition) is 6. The fourth-order valence-corrected chi connectivity index (χ4v) is 8.53. The molecule has 0 radical (unpaired) electrons. The van der Waals surface area contributed by atoms with Gasteiger partial charge in [-0.05, 0) is 69.8 Å². The van der Waals surface area contributed by atoms with Gasteiger partial charge in [-0.15, -0.1) is 0 Å². The van der Waals surface area contributed by atoms with Gasteiger partial charge in [0, 0.05) is 38.4 Å². The number of rotatable bonds is 7. The van der Waals surface area contributed by atoms with Gasteiger partial charge in [0.15, 0.2) is 5.82 Å². The van der Waals surface area contributed by atoms with Gasteiger partial charge in [0.1, 0.15) is 11.0 Å². The fraction of sp³-hybridized carbons (Fsp3) is 0. The topological polar surface area (TPSA) is 64.5 Å². The van der Waals surface area contributed by atoms with Gasteiger partial charge < -0.3 is 0 Å². The lowest BCUT2D eigenvalue weighted by Crippen LogP contribution is -1.96. The van der Waals surface area contributed by atoms with Crippen LogP contribution in [0.3, 0.4) is 0 Å². The van der Waals surface area contributed by atoms with E-state index in [-0.39, 0.29) is 0 Å². The Hall–Kier alpha value is -7.67. The molecule has 59 heavy (non-hydrogen) atoms. The number of para-hydroxylation sites is 1. The molecule has 0 N–H and O–H groups in total. The standard InChI is InChI=1S/C53H33N5S/c1-3-11-34(12-4-1)40-15-9-17-42(31-40)49-33-48(55-53(56-49)43-18-10-16-41(32-43)35-13-5-2-6-14-35)38-25-21-36(22-26-38)37-23-27-39(28-24-37)51-45-29-30-47-52(58-59-57-47)50(45)44-19-7-8-20-46(44)54-51/h1-33H. The summed E-state index contributed by atoms with van der Waals surface area (Å²) in [5, 5.41) is 3.26. The number of fused-ring (bicyclic) bond motifs is 5. The Bertz CT molecular complexity index is 3210. The maximum atomic E-state index is 5.20. The first-order valence-electron chi connectivity index (χ1n) is 19.6. The van der Waals surface area contributed by atoms with E-state index in [1.807, 2.05) is 24.3 Å². The highest BCUT2D eigenvalue weighted by molar-refractivity contribution is 7.00. The zero-order chi connectivity index (χ0) is 39.1. The summed E-state index contributed by atoms with van der Waals surface area (Å²) >= 11 is 1.25. The average Bonchev–Trinajstić information content (AvgIpc) is 3.81. The Morgan fingerprint density at radius 1 is 0.305 bits per heavy atom. The molecule has 8 aromatic carbocycles. The van der Waals surface area contributed by atoms with Gasteiger partial charge in [-0.2, -0.15) is 8.75 Å². The third-order valence-electron chi connectivity index (χ3n) is 11.0. The summed E-state index contributed by atoms with van der Waals surface area (Å²) in [5.74, 6) is 0.682. The van der Waals surface area contributed by atoms with Crippen LogP contribution in [0.25, 0.3) is 111 Å². The van der Waals surface area contributed by atoms with Crippen molar-refractivity contribution in [2.24, 2.45) is 0 Å². The number of nitrogens with zero attached hydrogens (tertiary/aromatic N) is 5. The largest absolute Gasteiger partial charge is 0.247 e. The zero-order valence-electron chi connectivity index (χ0n) is 31.7. The molecule has 3 heterocycles. The van der Waals surface area contributed by atoms with Crippen LogP contribution in [0.15, 0.2) is 200 Å². The Morgan fingerprint density at radius 2 is 0.831 bits per heavy atom. The third-order valence-corrected chi connectivity index (χ3v) is 11.5. The quantitative estimate of drug-likeness (QED) is 0.151. The normalized spacial score (nSPS) is 11.4. The van der Waals surface area contributed by atoms with Crippen molar-refractivity contribution in [2.45, 2.75) is 0 Å². The lowest BCUT2D eigenvalue weighted by molar-refractivity contribution is 1.18. The first-order valence-corrected chi connectivity index (χ1v) is 20.3. The van der Waals surface area contributed by atoms with Crippen LogP contribution in [0.4, 0.5) is 0 Å². The Labute approximate surface area is 345 Å². The van der Waals surface area contributed by atoms with E-state index in [9.17, 15) is 0 Å². The van der Waals surface area contributed by atoms with Gasteiger partial charge in [-0.25, -0.2) is 15.0 Å². The van der Waals surface area contributed by atoms with E-state index >= 15 is 0 Å². The second-order valence-electron chi connectivity index (χ2n) is 14.6. The zero-order valence-corrected chi connectivity index (χ0v) is 32.5. The predicted molar refractivity (Wildman–Crippen MR) is 244 cm³/mol. The van der Waals surface area contributed by atoms with Crippen LogP contribution in [0.5, 0.6) is 0 Å². The van der Waals surface area contributed by atoms with Gasteiger partial charge in [0.05, 0.1) is 34.3 Å². The van der Waals surface area contributed by atoms with Crippen molar-refractivity contribution in [1.82, 2.24) is 23.7 Å². The molecule has 0 aliphatic heterocycles. The molecule has 0 fully saturated rings.